The number of carbonyl (C=O) groups is 1. The smallest absolute Gasteiger partial charge is 0.249 e. The van der Waals surface area contributed by atoms with E-state index < -0.39 is 0 Å². The minimum Gasteiger partial charge on any atom is -0.366 e. The lowest BCUT2D eigenvalue weighted by Gasteiger charge is -2.23. The van der Waals surface area contributed by atoms with Crippen molar-refractivity contribution in [1.29, 1.82) is 0 Å². The van der Waals surface area contributed by atoms with E-state index in [0.29, 0.717) is 11.5 Å². The third-order valence-electron chi connectivity index (χ3n) is 6.43. The summed E-state index contributed by atoms with van der Waals surface area (Å²) < 4.78 is 2.43. The Hall–Kier alpha value is -3.07. The van der Waals surface area contributed by atoms with Crippen LogP contribution in [0.5, 0.6) is 0 Å². The zero-order chi connectivity index (χ0) is 19.8. The molecule has 1 aliphatic rings. The molecule has 0 spiro atoms. The molecule has 1 aliphatic carbocycles. The number of rotatable bonds is 4. The first-order valence-corrected chi connectivity index (χ1v) is 10.6. The van der Waals surface area contributed by atoms with Crippen LogP contribution in [0.25, 0.3) is 32.9 Å². The van der Waals surface area contributed by atoms with Crippen molar-refractivity contribution in [1.82, 2.24) is 4.57 Å². The molecule has 3 heteroatoms. The highest BCUT2D eigenvalue weighted by Crippen LogP contribution is 2.36. The van der Waals surface area contributed by atoms with Crippen LogP contribution >= 0.6 is 0 Å². The molecule has 3 aromatic carbocycles. The molecule has 1 amide bonds. The Bertz CT molecular complexity index is 1180. The van der Waals surface area contributed by atoms with Crippen molar-refractivity contribution in [2.24, 2.45) is 11.7 Å². The van der Waals surface area contributed by atoms with Gasteiger partial charge in [0.05, 0.1) is 0 Å². The fourth-order valence-electron chi connectivity index (χ4n) is 4.98. The summed E-state index contributed by atoms with van der Waals surface area (Å²) in [6.45, 7) is 1.00. The van der Waals surface area contributed by atoms with Gasteiger partial charge >= 0.3 is 0 Å². The van der Waals surface area contributed by atoms with Gasteiger partial charge in [0.25, 0.3) is 0 Å². The van der Waals surface area contributed by atoms with E-state index in [1.807, 2.05) is 18.2 Å². The minimum absolute atomic E-state index is 0.362. The number of nitrogens with two attached hydrogens (primary N) is 1. The van der Waals surface area contributed by atoms with E-state index >= 15 is 0 Å². The van der Waals surface area contributed by atoms with E-state index in [0.717, 1.165) is 22.8 Å². The molecule has 29 heavy (non-hydrogen) atoms. The molecule has 0 radical (unpaired) electrons. The maximum Gasteiger partial charge on any atom is 0.249 e. The van der Waals surface area contributed by atoms with Gasteiger partial charge in [0.2, 0.25) is 5.91 Å². The SMILES string of the molecule is NC(=O)c1cccc2c1c1ccc(-c3ccccc3)cc1n2CC1CCCCC1. The Morgan fingerprint density at radius 2 is 1.66 bits per heavy atom. The Kier molecular flexibility index (Phi) is 4.59. The van der Waals surface area contributed by atoms with E-state index in [9.17, 15) is 4.79 Å². The van der Waals surface area contributed by atoms with E-state index in [-0.39, 0.29) is 5.91 Å². The van der Waals surface area contributed by atoms with E-state index in [4.69, 9.17) is 5.73 Å². The Labute approximate surface area is 171 Å². The van der Waals surface area contributed by atoms with Crippen molar-refractivity contribution < 1.29 is 4.79 Å². The Morgan fingerprint density at radius 1 is 0.862 bits per heavy atom. The van der Waals surface area contributed by atoms with Crippen LogP contribution in [0.1, 0.15) is 42.5 Å². The molecular weight excluding hydrogens is 356 g/mol. The molecule has 1 saturated carbocycles. The fourth-order valence-corrected chi connectivity index (χ4v) is 4.98. The molecule has 3 nitrogen and oxygen atoms in total. The van der Waals surface area contributed by atoms with E-state index in [2.05, 4.69) is 53.1 Å². The maximum absolute atomic E-state index is 12.2. The lowest BCUT2D eigenvalue weighted by molar-refractivity contribution is 0.100. The number of hydrogen-bond donors (Lipinski definition) is 1. The molecule has 1 fully saturated rings. The standard InChI is InChI=1S/C26H26N2O/c27-26(29)22-12-7-13-23-25(22)21-15-14-20(19-10-5-2-6-11-19)16-24(21)28(23)17-18-8-3-1-4-9-18/h2,5-7,10-16,18H,1,3-4,8-9,17H2,(H2,27,29). The average molecular weight is 383 g/mol. The molecular formula is C26H26N2O. The monoisotopic (exact) mass is 382 g/mol. The summed E-state index contributed by atoms with van der Waals surface area (Å²) in [4.78, 5) is 12.2. The van der Waals surface area contributed by atoms with Crippen molar-refractivity contribution in [3.8, 4) is 11.1 Å². The number of benzene rings is 3. The van der Waals surface area contributed by atoms with Gasteiger partial charge in [0, 0.05) is 33.9 Å². The summed E-state index contributed by atoms with van der Waals surface area (Å²) in [6.07, 6.45) is 6.57. The van der Waals surface area contributed by atoms with Crippen molar-refractivity contribution in [3.05, 3.63) is 72.3 Å². The molecule has 146 valence electrons. The van der Waals surface area contributed by atoms with Crippen molar-refractivity contribution in [3.63, 3.8) is 0 Å². The normalized spacial score (nSPS) is 15.2. The molecule has 1 heterocycles. The van der Waals surface area contributed by atoms with Gasteiger partial charge in [-0.05, 0) is 48.1 Å². The van der Waals surface area contributed by atoms with Crippen LogP contribution in [0.4, 0.5) is 0 Å². The summed E-state index contributed by atoms with van der Waals surface area (Å²) in [6, 6.07) is 23.0. The molecule has 0 bridgehead atoms. The zero-order valence-corrected chi connectivity index (χ0v) is 16.6. The van der Waals surface area contributed by atoms with Gasteiger partial charge in [0.15, 0.2) is 0 Å². The summed E-state index contributed by atoms with van der Waals surface area (Å²) in [5, 5.41) is 2.11. The summed E-state index contributed by atoms with van der Waals surface area (Å²) in [5.74, 6) is 0.333. The minimum atomic E-state index is -0.362. The molecule has 0 unspecified atom stereocenters. The number of carbonyl (C=O) groups excluding carboxylic acids is 1. The van der Waals surface area contributed by atoms with Crippen LogP contribution in [0.2, 0.25) is 0 Å². The van der Waals surface area contributed by atoms with Crippen LogP contribution in [0.3, 0.4) is 0 Å². The van der Waals surface area contributed by atoms with E-state index in [1.165, 1.54) is 48.7 Å². The Balaban J connectivity index is 1.75. The molecule has 0 aliphatic heterocycles. The highest BCUT2D eigenvalue weighted by molar-refractivity contribution is 6.18. The largest absolute Gasteiger partial charge is 0.366 e. The Morgan fingerprint density at radius 3 is 2.41 bits per heavy atom. The highest BCUT2D eigenvalue weighted by Gasteiger charge is 2.20. The second-order valence-corrected chi connectivity index (χ2v) is 8.28. The number of primary amides is 1. The first-order chi connectivity index (χ1) is 14.2. The molecule has 4 aromatic rings. The lowest BCUT2D eigenvalue weighted by atomic mass is 9.89. The first kappa shape index (κ1) is 18.0. The summed E-state index contributed by atoms with van der Waals surface area (Å²) in [7, 11) is 0. The predicted molar refractivity (Wildman–Crippen MR) is 120 cm³/mol. The van der Waals surface area contributed by atoms with Crippen LogP contribution < -0.4 is 5.73 Å². The molecule has 1 aromatic heterocycles. The van der Waals surface area contributed by atoms with E-state index in [1.54, 1.807) is 0 Å². The number of aromatic nitrogens is 1. The first-order valence-electron chi connectivity index (χ1n) is 10.6. The number of nitrogens with zero attached hydrogens (tertiary/aromatic N) is 1. The highest BCUT2D eigenvalue weighted by atomic mass is 16.1. The van der Waals surface area contributed by atoms with Crippen molar-refractivity contribution >= 4 is 27.7 Å². The number of hydrogen-bond acceptors (Lipinski definition) is 1. The molecule has 2 N–H and O–H groups in total. The van der Waals surface area contributed by atoms with Crippen molar-refractivity contribution in [2.45, 2.75) is 38.6 Å². The van der Waals surface area contributed by atoms with Crippen LogP contribution in [0.15, 0.2) is 66.7 Å². The number of amides is 1. The lowest BCUT2D eigenvalue weighted by Crippen LogP contribution is -2.14. The second-order valence-electron chi connectivity index (χ2n) is 8.28. The maximum atomic E-state index is 12.2. The van der Waals surface area contributed by atoms with Gasteiger partial charge in [-0.15, -0.1) is 0 Å². The van der Waals surface area contributed by atoms with Crippen LogP contribution in [-0.2, 0) is 6.54 Å². The summed E-state index contributed by atoms with van der Waals surface area (Å²) in [5.41, 5.74) is 11.1. The summed E-state index contributed by atoms with van der Waals surface area (Å²) >= 11 is 0. The molecule has 0 atom stereocenters. The quantitative estimate of drug-likeness (QED) is 0.453. The van der Waals surface area contributed by atoms with Gasteiger partial charge in [-0.3, -0.25) is 4.79 Å². The average Bonchev–Trinajstić information content (AvgIpc) is 3.08. The van der Waals surface area contributed by atoms with Crippen molar-refractivity contribution in [2.75, 3.05) is 0 Å². The second kappa shape index (κ2) is 7.40. The van der Waals surface area contributed by atoms with Gasteiger partial charge in [0.1, 0.15) is 0 Å². The number of fused-ring (bicyclic) bond motifs is 3. The predicted octanol–water partition coefficient (Wildman–Crippen LogP) is 6.14. The van der Waals surface area contributed by atoms with Crippen LogP contribution in [0, 0.1) is 5.92 Å². The molecule has 5 rings (SSSR count). The third-order valence-corrected chi connectivity index (χ3v) is 6.43. The van der Waals surface area contributed by atoms with Gasteiger partial charge in [-0.25, -0.2) is 0 Å². The van der Waals surface area contributed by atoms with Gasteiger partial charge in [-0.2, -0.15) is 0 Å². The topological polar surface area (TPSA) is 48.0 Å². The van der Waals surface area contributed by atoms with Gasteiger partial charge < -0.3 is 10.3 Å². The van der Waals surface area contributed by atoms with Gasteiger partial charge in [-0.1, -0.05) is 67.8 Å². The fraction of sp³-hybridized carbons (Fsp3) is 0.269. The van der Waals surface area contributed by atoms with Crippen LogP contribution in [-0.4, -0.2) is 10.5 Å². The molecule has 0 saturated heterocycles. The third kappa shape index (κ3) is 3.21. The zero-order valence-electron chi connectivity index (χ0n) is 16.6.